The van der Waals surface area contributed by atoms with Gasteiger partial charge in [-0.1, -0.05) is 12.1 Å². The number of nitrogens with zero attached hydrogens (tertiary/aromatic N) is 1. The highest BCUT2D eigenvalue weighted by Gasteiger charge is 2.38. The molecule has 1 aliphatic carbocycles. The highest BCUT2D eigenvalue weighted by molar-refractivity contribution is 5.68. The molecule has 1 aliphatic heterocycles. The van der Waals surface area contributed by atoms with Gasteiger partial charge in [0.15, 0.2) is 0 Å². The molecule has 2 fully saturated rings. The smallest absolute Gasteiger partial charge is 0.416 e. The van der Waals surface area contributed by atoms with Crippen molar-refractivity contribution < 1.29 is 41.0 Å². The number of ether oxygens (including phenoxy) is 1. The van der Waals surface area contributed by atoms with Crippen molar-refractivity contribution >= 4 is 5.97 Å². The van der Waals surface area contributed by atoms with Crippen LogP contribution in [0.5, 0.6) is 5.75 Å². The molecule has 2 aromatic carbocycles. The second kappa shape index (κ2) is 9.72. The molecule has 4 nitrogen and oxygen atoms in total. The molecule has 4 rings (SSSR count). The van der Waals surface area contributed by atoms with Gasteiger partial charge in [-0.25, -0.2) is 0 Å². The maximum Gasteiger partial charge on any atom is 0.416 e. The van der Waals surface area contributed by atoms with Crippen LogP contribution in [0.1, 0.15) is 47.4 Å². The first-order valence-corrected chi connectivity index (χ1v) is 11.3. The summed E-state index contributed by atoms with van der Waals surface area (Å²) in [4.78, 5) is 12.9. The summed E-state index contributed by atoms with van der Waals surface area (Å²) in [5.41, 5.74) is -1.66. The van der Waals surface area contributed by atoms with Crippen LogP contribution in [0.2, 0.25) is 0 Å². The summed E-state index contributed by atoms with van der Waals surface area (Å²) < 4.78 is 84.7. The Balaban J connectivity index is 1.33. The Bertz CT molecular complexity index is 1060. The number of alkyl halides is 6. The number of likely N-dealkylation sites (tertiary alicyclic amines) is 1. The molecule has 0 aromatic heterocycles. The molecule has 2 aliphatic rings. The van der Waals surface area contributed by atoms with Crippen molar-refractivity contribution in [3.05, 3.63) is 64.7 Å². The predicted octanol–water partition coefficient (Wildman–Crippen LogP) is 6.20. The van der Waals surface area contributed by atoms with E-state index in [9.17, 15) is 36.2 Å². The van der Waals surface area contributed by atoms with E-state index in [-0.39, 0.29) is 24.8 Å². The van der Waals surface area contributed by atoms with E-state index in [0.29, 0.717) is 49.6 Å². The molecule has 190 valence electrons. The lowest BCUT2D eigenvalue weighted by Crippen LogP contribution is -2.48. The Hall–Kier alpha value is -2.75. The zero-order chi connectivity index (χ0) is 25.4. The fourth-order valence-corrected chi connectivity index (χ4v) is 4.62. The molecule has 35 heavy (non-hydrogen) atoms. The monoisotopic (exact) mass is 501 g/mol. The van der Waals surface area contributed by atoms with Crippen molar-refractivity contribution in [2.75, 3.05) is 19.7 Å². The molecule has 10 heteroatoms. The van der Waals surface area contributed by atoms with Gasteiger partial charge in [0, 0.05) is 25.6 Å². The van der Waals surface area contributed by atoms with E-state index in [0.717, 1.165) is 18.4 Å². The van der Waals surface area contributed by atoms with Crippen LogP contribution >= 0.6 is 0 Å². The third kappa shape index (κ3) is 6.48. The number of rotatable bonds is 9. The lowest BCUT2D eigenvalue weighted by Gasteiger charge is -2.39. The van der Waals surface area contributed by atoms with Crippen LogP contribution in [0.3, 0.4) is 0 Å². The first-order chi connectivity index (χ1) is 16.4. The number of halogens is 6. The molecule has 1 heterocycles. The molecular weight excluding hydrogens is 476 g/mol. The van der Waals surface area contributed by atoms with E-state index < -0.39 is 35.0 Å². The Labute approximate surface area is 198 Å². The van der Waals surface area contributed by atoms with Gasteiger partial charge in [0.05, 0.1) is 24.2 Å². The number of carboxylic acid groups (broad SMARTS) is 1. The molecule has 2 aromatic rings. The lowest BCUT2D eigenvalue weighted by atomic mass is 9.91. The number of aliphatic carboxylic acids is 1. The summed E-state index contributed by atoms with van der Waals surface area (Å²) in [6.45, 7) is 0.874. The quantitative estimate of drug-likeness (QED) is 0.416. The lowest BCUT2D eigenvalue weighted by molar-refractivity contribution is -0.142. The van der Waals surface area contributed by atoms with E-state index in [4.69, 9.17) is 4.74 Å². The van der Waals surface area contributed by atoms with Gasteiger partial charge in [-0.3, -0.25) is 9.69 Å². The van der Waals surface area contributed by atoms with Crippen LogP contribution in [0.25, 0.3) is 0 Å². The van der Waals surface area contributed by atoms with E-state index in [1.54, 1.807) is 17.0 Å². The molecule has 0 spiro atoms. The van der Waals surface area contributed by atoms with Crippen LogP contribution in [-0.4, -0.2) is 35.7 Å². The highest BCUT2D eigenvalue weighted by atomic mass is 19.4. The van der Waals surface area contributed by atoms with E-state index in [2.05, 4.69) is 0 Å². The van der Waals surface area contributed by atoms with Crippen molar-refractivity contribution in [3.8, 4) is 5.75 Å². The van der Waals surface area contributed by atoms with Crippen LogP contribution in [0, 0.1) is 11.8 Å². The first-order valence-electron chi connectivity index (χ1n) is 11.3. The van der Waals surface area contributed by atoms with Gasteiger partial charge in [0.2, 0.25) is 0 Å². The van der Waals surface area contributed by atoms with Crippen LogP contribution < -0.4 is 4.74 Å². The summed E-state index contributed by atoms with van der Waals surface area (Å²) in [6, 6.07) is 8.82. The van der Waals surface area contributed by atoms with E-state index in [1.165, 1.54) is 0 Å². The maximum atomic E-state index is 13.3. The molecule has 0 unspecified atom stereocenters. The van der Waals surface area contributed by atoms with Crippen LogP contribution in [0.4, 0.5) is 26.3 Å². The van der Waals surface area contributed by atoms with Crippen LogP contribution in [0.15, 0.2) is 42.5 Å². The van der Waals surface area contributed by atoms with Gasteiger partial charge < -0.3 is 9.84 Å². The zero-order valence-corrected chi connectivity index (χ0v) is 18.7. The van der Waals surface area contributed by atoms with E-state index >= 15 is 0 Å². The highest BCUT2D eigenvalue weighted by Crippen LogP contribution is 2.45. The van der Waals surface area contributed by atoms with Crippen LogP contribution in [-0.2, 0) is 23.7 Å². The van der Waals surface area contributed by atoms with Crippen molar-refractivity contribution in [1.29, 1.82) is 0 Å². The molecule has 0 radical (unpaired) electrons. The average molecular weight is 501 g/mol. The molecular formula is C25H25F6NO3. The second-order valence-corrected chi connectivity index (χ2v) is 9.35. The number of hydrogen-bond acceptors (Lipinski definition) is 3. The number of carboxylic acids is 1. The third-order valence-corrected chi connectivity index (χ3v) is 6.52. The van der Waals surface area contributed by atoms with Crippen molar-refractivity contribution in [2.45, 2.75) is 44.1 Å². The number of benzene rings is 2. The first kappa shape index (κ1) is 25.3. The van der Waals surface area contributed by atoms with Gasteiger partial charge in [-0.05, 0) is 66.1 Å². The predicted molar refractivity (Wildman–Crippen MR) is 115 cm³/mol. The Morgan fingerprint density at radius 2 is 1.74 bits per heavy atom. The summed E-state index contributed by atoms with van der Waals surface area (Å²) in [5, 5.41) is 9.20. The van der Waals surface area contributed by atoms with Crippen molar-refractivity contribution in [1.82, 2.24) is 4.90 Å². The SMILES string of the molecule is O=C(O)C[C@H](c1cccc(OCC2CN(Cc3cc(C(F)(F)F)ccc3C(F)(F)F)C2)c1)C1CC1. The third-order valence-electron chi connectivity index (χ3n) is 6.52. The maximum absolute atomic E-state index is 13.3. The number of hydrogen-bond donors (Lipinski definition) is 1. The molecule has 1 N–H and O–H groups in total. The van der Waals surface area contributed by atoms with Crippen molar-refractivity contribution in [2.24, 2.45) is 11.8 Å². The summed E-state index contributed by atoms with van der Waals surface area (Å²) in [5.74, 6) is 0.0630. The van der Waals surface area contributed by atoms with Gasteiger partial charge >= 0.3 is 18.3 Å². The zero-order valence-electron chi connectivity index (χ0n) is 18.7. The topological polar surface area (TPSA) is 49.8 Å². The molecule has 0 bridgehead atoms. The molecule has 0 amide bonds. The normalized spacial score (nSPS) is 18.2. The standard InChI is InChI=1S/C25H25F6NO3/c26-24(27,28)19-6-7-22(25(29,30)31)18(8-19)13-32-11-15(12-32)14-35-20-3-1-2-17(9-20)21(10-23(33)34)16-4-5-16/h1-3,6-9,15-16,21H,4-5,10-14H2,(H,33,34)/t21-/m0/s1. The molecule has 1 saturated heterocycles. The van der Waals surface area contributed by atoms with Gasteiger partial charge in [0.25, 0.3) is 0 Å². The van der Waals surface area contributed by atoms with E-state index in [1.807, 2.05) is 12.1 Å². The minimum Gasteiger partial charge on any atom is -0.493 e. The van der Waals surface area contributed by atoms with Gasteiger partial charge in [-0.2, -0.15) is 26.3 Å². The fourth-order valence-electron chi connectivity index (χ4n) is 4.62. The average Bonchev–Trinajstić information content (AvgIpc) is 3.57. The largest absolute Gasteiger partial charge is 0.493 e. The Morgan fingerprint density at radius 3 is 2.34 bits per heavy atom. The summed E-state index contributed by atoms with van der Waals surface area (Å²) in [6.07, 6.45) is -7.40. The van der Waals surface area contributed by atoms with Gasteiger partial charge in [0.1, 0.15) is 5.75 Å². The Kier molecular flexibility index (Phi) is 7.04. The Morgan fingerprint density at radius 1 is 1.03 bits per heavy atom. The fraction of sp³-hybridized carbons (Fsp3) is 0.480. The molecule has 1 atom stereocenters. The van der Waals surface area contributed by atoms with Crippen molar-refractivity contribution in [3.63, 3.8) is 0 Å². The summed E-state index contributed by atoms with van der Waals surface area (Å²) in [7, 11) is 0. The minimum atomic E-state index is -4.74. The van der Waals surface area contributed by atoms with Gasteiger partial charge in [-0.15, -0.1) is 0 Å². The minimum absolute atomic E-state index is 0.0250. The second-order valence-electron chi connectivity index (χ2n) is 9.35. The number of carbonyl (C=O) groups is 1. The molecule has 1 saturated carbocycles. The summed E-state index contributed by atoms with van der Waals surface area (Å²) >= 11 is 0.